The van der Waals surface area contributed by atoms with E-state index in [9.17, 15) is 9.36 Å². The molecular weight excluding hydrogens is 266 g/mol. The second-order valence-corrected chi connectivity index (χ2v) is 4.44. The Kier molecular flexibility index (Phi) is 6.61. The number of ketones is 1. The summed E-state index contributed by atoms with van der Waals surface area (Å²) in [6.07, 6.45) is -5.40. The summed E-state index contributed by atoms with van der Waals surface area (Å²) in [4.78, 5) is 27.5. The summed E-state index contributed by atoms with van der Waals surface area (Å²) in [6, 6.07) is 0. The van der Waals surface area contributed by atoms with Gasteiger partial charge in [0, 0.05) is 0 Å². The highest BCUT2D eigenvalue weighted by atomic mass is 35.5. The lowest BCUT2D eigenvalue weighted by molar-refractivity contribution is -0.140. The molecule has 2 unspecified atom stereocenters. The fraction of sp³-hybridized carbons (Fsp3) is 0.833. The van der Waals surface area contributed by atoms with Crippen molar-refractivity contribution in [3.63, 3.8) is 0 Å². The standard InChI is InChI=1S/C6H12ClO8P/c7-1-3(8)5(10)6(11)4(9)2-15-16(12,13)14/h3,5-6,8,10-11H,1-2H2,(H2,12,13,14)/t3-,5?,6?/m1/s1. The first kappa shape index (κ1) is 16.0. The predicted molar refractivity (Wildman–Crippen MR) is 51.7 cm³/mol. The smallest absolute Gasteiger partial charge is 0.389 e. The van der Waals surface area contributed by atoms with Crippen molar-refractivity contribution in [1.29, 1.82) is 0 Å². The summed E-state index contributed by atoms with van der Waals surface area (Å²) in [5, 5.41) is 27.2. The van der Waals surface area contributed by atoms with E-state index < -0.39 is 44.4 Å². The van der Waals surface area contributed by atoms with Crippen molar-refractivity contribution in [3.05, 3.63) is 0 Å². The highest BCUT2D eigenvalue weighted by Crippen LogP contribution is 2.35. The van der Waals surface area contributed by atoms with E-state index in [1.165, 1.54) is 0 Å². The normalized spacial score (nSPS) is 17.9. The van der Waals surface area contributed by atoms with Gasteiger partial charge in [0.15, 0.2) is 5.78 Å². The molecule has 0 spiro atoms. The summed E-state index contributed by atoms with van der Waals surface area (Å²) >= 11 is 5.16. The molecule has 0 aromatic rings. The molecule has 3 atom stereocenters. The Labute approximate surface area is 95.7 Å². The number of phosphoric acid groups is 1. The van der Waals surface area contributed by atoms with E-state index in [1.54, 1.807) is 0 Å². The van der Waals surface area contributed by atoms with Crippen molar-refractivity contribution in [2.24, 2.45) is 0 Å². The van der Waals surface area contributed by atoms with Crippen LogP contribution in [0.25, 0.3) is 0 Å². The molecule has 96 valence electrons. The molecule has 0 aromatic heterocycles. The minimum absolute atomic E-state index is 0.412. The molecular formula is C6H12ClO8P. The third-order valence-electron chi connectivity index (χ3n) is 1.58. The summed E-state index contributed by atoms with van der Waals surface area (Å²) < 4.78 is 14.0. The largest absolute Gasteiger partial charge is 0.470 e. The minimum atomic E-state index is -4.82. The molecule has 0 saturated carbocycles. The molecule has 16 heavy (non-hydrogen) atoms. The fourth-order valence-corrected chi connectivity index (χ4v) is 1.20. The lowest BCUT2D eigenvalue weighted by atomic mass is 10.1. The van der Waals surface area contributed by atoms with E-state index in [0.717, 1.165) is 0 Å². The maximum Gasteiger partial charge on any atom is 0.470 e. The SMILES string of the molecule is O=C(COP(=O)(O)O)C(O)C(O)[C@H](O)CCl. The number of phosphoric ester groups is 1. The zero-order chi connectivity index (χ0) is 12.9. The molecule has 0 radical (unpaired) electrons. The van der Waals surface area contributed by atoms with Crippen molar-refractivity contribution in [3.8, 4) is 0 Å². The summed E-state index contributed by atoms with van der Waals surface area (Å²) in [5.74, 6) is -1.59. The van der Waals surface area contributed by atoms with Crippen LogP contribution in [-0.4, -0.2) is 61.7 Å². The first-order valence-corrected chi connectivity index (χ1v) is 6.08. The number of Topliss-reactive ketones (excluding diaryl/α,β-unsaturated/α-hetero) is 1. The summed E-state index contributed by atoms with van der Waals surface area (Å²) in [5.41, 5.74) is 0. The van der Waals surface area contributed by atoms with Crippen molar-refractivity contribution in [1.82, 2.24) is 0 Å². The Hall–Kier alpha value is -0.0500. The maximum absolute atomic E-state index is 11.0. The first-order chi connectivity index (χ1) is 7.19. The molecule has 0 rings (SSSR count). The van der Waals surface area contributed by atoms with Crippen LogP contribution < -0.4 is 0 Å². The number of carbonyl (C=O) groups is 1. The van der Waals surface area contributed by atoms with E-state index in [-0.39, 0.29) is 0 Å². The average Bonchev–Trinajstić information content (AvgIpc) is 2.21. The van der Waals surface area contributed by atoms with Gasteiger partial charge in [0.2, 0.25) is 0 Å². The van der Waals surface area contributed by atoms with E-state index in [2.05, 4.69) is 4.52 Å². The van der Waals surface area contributed by atoms with Gasteiger partial charge in [-0.1, -0.05) is 0 Å². The van der Waals surface area contributed by atoms with Crippen LogP contribution in [0.3, 0.4) is 0 Å². The number of aliphatic hydroxyl groups excluding tert-OH is 3. The molecule has 0 amide bonds. The van der Waals surface area contributed by atoms with Crippen molar-refractivity contribution in [2.75, 3.05) is 12.5 Å². The van der Waals surface area contributed by atoms with Crippen LogP contribution in [0.1, 0.15) is 0 Å². The van der Waals surface area contributed by atoms with Crippen molar-refractivity contribution >= 4 is 25.2 Å². The predicted octanol–water partition coefficient (Wildman–Crippen LogP) is -2.01. The highest BCUT2D eigenvalue weighted by Gasteiger charge is 2.31. The number of alkyl halides is 1. The number of hydrogen-bond acceptors (Lipinski definition) is 6. The fourth-order valence-electron chi connectivity index (χ4n) is 0.725. The lowest BCUT2D eigenvalue weighted by Gasteiger charge is -2.20. The van der Waals surface area contributed by atoms with Crippen LogP contribution in [0, 0.1) is 0 Å². The van der Waals surface area contributed by atoms with Gasteiger partial charge in [0.05, 0.1) is 12.0 Å². The molecule has 0 aliphatic rings. The number of rotatable bonds is 7. The molecule has 0 aliphatic carbocycles. The van der Waals surface area contributed by atoms with E-state index in [0.29, 0.717) is 0 Å². The van der Waals surface area contributed by atoms with E-state index in [4.69, 9.17) is 36.7 Å². The Balaban J connectivity index is 4.23. The Morgan fingerprint density at radius 1 is 1.31 bits per heavy atom. The number of aliphatic hydroxyl groups is 3. The van der Waals surface area contributed by atoms with E-state index in [1.807, 2.05) is 0 Å². The zero-order valence-electron chi connectivity index (χ0n) is 7.93. The third-order valence-corrected chi connectivity index (χ3v) is 2.36. The summed E-state index contributed by atoms with van der Waals surface area (Å²) in [7, 11) is -4.82. The van der Waals surface area contributed by atoms with Crippen molar-refractivity contribution in [2.45, 2.75) is 18.3 Å². The van der Waals surface area contributed by atoms with Crippen LogP contribution in [0.5, 0.6) is 0 Å². The highest BCUT2D eigenvalue weighted by molar-refractivity contribution is 7.46. The van der Waals surface area contributed by atoms with Gasteiger partial charge in [0.25, 0.3) is 0 Å². The van der Waals surface area contributed by atoms with Gasteiger partial charge >= 0.3 is 7.82 Å². The van der Waals surface area contributed by atoms with Crippen LogP contribution in [0.2, 0.25) is 0 Å². The van der Waals surface area contributed by atoms with Gasteiger partial charge < -0.3 is 25.1 Å². The van der Waals surface area contributed by atoms with Crippen LogP contribution >= 0.6 is 19.4 Å². The molecule has 8 nitrogen and oxygen atoms in total. The maximum atomic E-state index is 11.0. The van der Waals surface area contributed by atoms with Crippen LogP contribution in [0.15, 0.2) is 0 Å². The first-order valence-electron chi connectivity index (χ1n) is 4.02. The Bertz CT molecular complexity index is 278. The molecule has 0 saturated heterocycles. The van der Waals surface area contributed by atoms with Gasteiger partial charge in [-0.25, -0.2) is 4.57 Å². The topological polar surface area (TPSA) is 145 Å². The quantitative estimate of drug-likeness (QED) is 0.265. The van der Waals surface area contributed by atoms with Crippen LogP contribution in [0.4, 0.5) is 0 Å². The molecule has 5 N–H and O–H groups in total. The molecule has 10 heteroatoms. The molecule has 0 heterocycles. The van der Waals surface area contributed by atoms with Crippen molar-refractivity contribution < 1.29 is 39.0 Å². The Morgan fingerprint density at radius 3 is 2.19 bits per heavy atom. The van der Waals surface area contributed by atoms with E-state index >= 15 is 0 Å². The number of halogens is 1. The molecule has 0 aromatic carbocycles. The number of carbonyl (C=O) groups excluding carboxylic acids is 1. The molecule has 0 fully saturated rings. The second-order valence-electron chi connectivity index (χ2n) is 2.89. The monoisotopic (exact) mass is 278 g/mol. The van der Waals surface area contributed by atoms with Gasteiger partial charge in [-0.2, -0.15) is 0 Å². The third kappa shape index (κ3) is 5.88. The molecule has 0 bridgehead atoms. The second kappa shape index (κ2) is 6.63. The molecule has 0 aliphatic heterocycles. The summed E-state index contributed by atoms with van der Waals surface area (Å²) in [6.45, 7) is -1.09. The van der Waals surface area contributed by atoms with Gasteiger partial charge in [-0.15, -0.1) is 11.6 Å². The van der Waals surface area contributed by atoms with Gasteiger partial charge in [-0.05, 0) is 0 Å². The van der Waals surface area contributed by atoms with Crippen LogP contribution in [-0.2, 0) is 13.9 Å². The van der Waals surface area contributed by atoms with Gasteiger partial charge in [0.1, 0.15) is 18.8 Å². The zero-order valence-corrected chi connectivity index (χ0v) is 9.58. The minimum Gasteiger partial charge on any atom is -0.389 e. The average molecular weight is 279 g/mol. The van der Waals surface area contributed by atoms with Gasteiger partial charge in [-0.3, -0.25) is 9.32 Å². The lowest BCUT2D eigenvalue weighted by Crippen LogP contribution is -2.44. The number of hydrogen-bond donors (Lipinski definition) is 5. The Morgan fingerprint density at radius 2 is 1.81 bits per heavy atom.